The number of aromatic nitrogens is 1. The summed E-state index contributed by atoms with van der Waals surface area (Å²) in [5.41, 5.74) is -0.697. The van der Waals surface area contributed by atoms with Gasteiger partial charge in [0.1, 0.15) is 23.5 Å². The van der Waals surface area contributed by atoms with Gasteiger partial charge in [-0.3, -0.25) is 19.7 Å². The molecule has 0 atom stereocenters. The first-order valence-electron chi connectivity index (χ1n) is 5.95. The lowest BCUT2D eigenvalue weighted by molar-refractivity contribution is -0.385. The van der Waals surface area contributed by atoms with Crippen LogP contribution in [0.25, 0.3) is 0 Å². The Balaban J connectivity index is 3.23. The molecule has 0 bridgehead atoms. The molecule has 1 heterocycles. The topological polar surface area (TPSA) is 103 Å². The van der Waals surface area contributed by atoms with Gasteiger partial charge in [-0.1, -0.05) is 11.6 Å². The summed E-state index contributed by atoms with van der Waals surface area (Å²) >= 11 is 5.69. The van der Waals surface area contributed by atoms with Gasteiger partial charge in [0.15, 0.2) is 0 Å². The fourth-order valence-electron chi connectivity index (χ4n) is 1.59. The van der Waals surface area contributed by atoms with E-state index in [0.29, 0.717) is 0 Å². The number of rotatable bonds is 5. The van der Waals surface area contributed by atoms with Crippen molar-refractivity contribution < 1.29 is 19.2 Å². The number of carbonyl (C=O) groups is 2. The normalized spacial score (nSPS) is 10.3. The molecular weight excluding hydrogens is 302 g/mol. The van der Waals surface area contributed by atoms with Crippen LogP contribution >= 0.6 is 11.6 Å². The van der Waals surface area contributed by atoms with Crippen molar-refractivity contribution in [3.63, 3.8) is 0 Å². The lowest BCUT2D eigenvalue weighted by atomic mass is 10.1. The zero-order chi connectivity index (χ0) is 16.2. The molecule has 1 aromatic rings. The van der Waals surface area contributed by atoms with E-state index in [1.807, 2.05) is 0 Å². The van der Waals surface area contributed by atoms with E-state index in [1.54, 1.807) is 13.8 Å². The first kappa shape index (κ1) is 16.8. The maximum absolute atomic E-state index is 12.4. The van der Waals surface area contributed by atoms with Gasteiger partial charge in [0.05, 0.1) is 12.0 Å². The molecule has 8 nitrogen and oxygen atoms in total. The maximum atomic E-state index is 12.4. The molecule has 0 spiro atoms. The first-order chi connectivity index (χ1) is 9.77. The average Bonchev–Trinajstić information content (AvgIpc) is 2.42. The lowest BCUT2D eigenvalue weighted by Crippen LogP contribution is -2.41. The molecule has 1 aromatic heterocycles. The molecule has 0 radical (unpaired) electrons. The summed E-state index contributed by atoms with van der Waals surface area (Å²) in [6.45, 7) is 3.04. The molecule has 1 rings (SSSR count). The molecular formula is C12H14ClN3O5. The van der Waals surface area contributed by atoms with Crippen molar-refractivity contribution in [2.45, 2.75) is 19.9 Å². The van der Waals surface area contributed by atoms with Crippen molar-refractivity contribution in [2.24, 2.45) is 0 Å². The highest BCUT2D eigenvalue weighted by molar-refractivity contribution is 6.29. The fourth-order valence-corrected chi connectivity index (χ4v) is 1.74. The molecule has 21 heavy (non-hydrogen) atoms. The van der Waals surface area contributed by atoms with Gasteiger partial charge in [-0.25, -0.2) is 4.98 Å². The van der Waals surface area contributed by atoms with Crippen molar-refractivity contribution in [1.29, 1.82) is 0 Å². The number of methoxy groups -OCH3 is 1. The second-order valence-corrected chi connectivity index (χ2v) is 4.77. The molecule has 9 heteroatoms. The number of nitro groups is 1. The van der Waals surface area contributed by atoms with Crippen LogP contribution in [0.5, 0.6) is 0 Å². The summed E-state index contributed by atoms with van der Waals surface area (Å²) in [7, 11) is 1.19. The minimum Gasteiger partial charge on any atom is -0.468 e. The summed E-state index contributed by atoms with van der Waals surface area (Å²) in [6, 6.07) is 0.748. The van der Waals surface area contributed by atoms with E-state index in [9.17, 15) is 19.7 Å². The second-order valence-electron chi connectivity index (χ2n) is 4.38. The van der Waals surface area contributed by atoms with Gasteiger partial charge in [-0.15, -0.1) is 0 Å². The molecule has 1 amide bonds. The van der Waals surface area contributed by atoms with E-state index in [1.165, 1.54) is 7.11 Å². The Hall–Kier alpha value is -2.22. The van der Waals surface area contributed by atoms with Crippen LogP contribution < -0.4 is 0 Å². The standard InChI is InChI=1S/C12H14ClN3O5/c1-7(2)15(6-11(17)21-3)12(18)8-4-10(13)14-5-9(8)16(19)20/h4-5,7H,6H2,1-3H3. The second kappa shape index (κ2) is 6.98. The zero-order valence-electron chi connectivity index (χ0n) is 11.7. The Labute approximate surface area is 125 Å². The summed E-state index contributed by atoms with van der Waals surface area (Å²) in [4.78, 5) is 38.8. The molecule has 0 unspecified atom stereocenters. The third-order valence-electron chi connectivity index (χ3n) is 2.69. The predicted molar refractivity (Wildman–Crippen MR) is 74.1 cm³/mol. The number of ether oxygens (including phenoxy) is 1. The number of carbonyl (C=O) groups excluding carboxylic acids is 2. The van der Waals surface area contributed by atoms with Crippen molar-refractivity contribution in [3.05, 3.63) is 33.1 Å². The summed E-state index contributed by atoms with van der Waals surface area (Å²) in [6.07, 6.45) is 0.909. The Kier molecular flexibility index (Phi) is 5.60. The van der Waals surface area contributed by atoms with Crippen LogP contribution in [0.1, 0.15) is 24.2 Å². The van der Waals surface area contributed by atoms with Crippen LogP contribution in [-0.2, 0) is 9.53 Å². The molecule has 0 saturated carbocycles. The molecule has 114 valence electrons. The highest BCUT2D eigenvalue weighted by Gasteiger charge is 2.28. The number of nitrogens with zero attached hydrogens (tertiary/aromatic N) is 3. The molecule has 0 N–H and O–H groups in total. The monoisotopic (exact) mass is 315 g/mol. The predicted octanol–water partition coefficient (Wildman–Crippen LogP) is 1.67. The smallest absolute Gasteiger partial charge is 0.325 e. The Morgan fingerprint density at radius 2 is 2.14 bits per heavy atom. The molecule has 0 aliphatic rings. The van der Waals surface area contributed by atoms with Gasteiger partial charge in [0, 0.05) is 6.04 Å². The van der Waals surface area contributed by atoms with Crippen LogP contribution in [0.15, 0.2) is 12.3 Å². The minimum atomic E-state index is -0.729. The van der Waals surface area contributed by atoms with Crippen LogP contribution in [-0.4, -0.2) is 46.4 Å². The molecule has 0 aliphatic heterocycles. The van der Waals surface area contributed by atoms with Gasteiger partial charge in [-0.2, -0.15) is 0 Å². The van der Waals surface area contributed by atoms with Crippen molar-refractivity contribution in [1.82, 2.24) is 9.88 Å². The van der Waals surface area contributed by atoms with Gasteiger partial charge in [0.2, 0.25) is 0 Å². The third-order valence-corrected chi connectivity index (χ3v) is 2.89. The summed E-state index contributed by atoms with van der Waals surface area (Å²) in [5, 5.41) is 10.9. The molecule has 0 aromatic carbocycles. The van der Waals surface area contributed by atoms with Crippen molar-refractivity contribution in [3.8, 4) is 0 Å². The third kappa shape index (κ3) is 4.12. The Morgan fingerprint density at radius 3 is 2.62 bits per heavy atom. The van der Waals surface area contributed by atoms with Gasteiger partial charge >= 0.3 is 5.97 Å². The lowest BCUT2D eigenvalue weighted by Gasteiger charge is -2.25. The molecule has 0 aliphatic carbocycles. The van der Waals surface area contributed by atoms with E-state index < -0.39 is 22.5 Å². The Morgan fingerprint density at radius 1 is 1.52 bits per heavy atom. The van der Waals surface area contributed by atoms with Crippen LogP contribution in [0.4, 0.5) is 5.69 Å². The number of hydrogen-bond donors (Lipinski definition) is 0. The first-order valence-corrected chi connectivity index (χ1v) is 6.33. The van der Waals surface area contributed by atoms with E-state index in [4.69, 9.17) is 11.6 Å². The largest absolute Gasteiger partial charge is 0.468 e. The van der Waals surface area contributed by atoms with E-state index in [-0.39, 0.29) is 23.3 Å². The Bertz CT molecular complexity index is 576. The zero-order valence-corrected chi connectivity index (χ0v) is 12.5. The minimum absolute atomic E-state index is 0.0503. The molecule has 0 fully saturated rings. The number of amides is 1. The highest BCUT2D eigenvalue weighted by Crippen LogP contribution is 2.22. The quantitative estimate of drug-likeness (QED) is 0.354. The average molecular weight is 316 g/mol. The SMILES string of the molecule is COC(=O)CN(C(=O)c1cc(Cl)ncc1[N+](=O)[O-])C(C)C. The van der Waals surface area contributed by atoms with Gasteiger partial charge in [0.25, 0.3) is 11.6 Å². The number of pyridine rings is 1. The van der Waals surface area contributed by atoms with E-state index in [0.717, 1.165) is 17.2 Å². The highest BCUT2D eigenvalue weighted by atomic mass is 35.5. The summed E-state index contributed by atoms with van der Waals surface area (Å²) in [5.74, 6) is -1.31. The summed E-state index contributed by atoms with van der Waals surface area (Å²) < 4.78 is 4.51. The van der Waals surface area contributed by atoms with Crippen LogP contribution in [0.3, 0.4) is 0 Å². The van der Waals surface area contributed by atoms with E-state index in [2.05, 4.69) is 9.72 Å². The maximum Gasteiger partial charge on any atom is 0.325 e. The van der Waals surface area contributed by atoms with Crippen LogP contribution in [0, 0.1) is 10.1 Å². The number of esters is 1. The number of hydrogen-bond acceptors (Lipinski definition) is 6. The fraction of sp³-hybridized carbons (Fsp3) is 0.417. The molecule has 0 saturated heterocycles. The number of halogens is 1. The van der Waals surface area contributed by atoms with Gasteiger partial charge in [-0.05, 0) is 19.9 Å². The van der Waals surface area contributed by atoms with Crippen molar-refractivity contribution in [2.75, 3.05) is 13.7 Å². The van der Waals surface area contributed by atoms with Gasteiger partial charge < -0.3 is 9.64 Å². The van der Waals surface area contributed by atoms with Crippen LogP contribution in [0.2, 0.25) is 5.15 Å². The van der Waals surface area contributed by atoms with Crippen molar-refractivity contribution >= 4 is 29.2 Å². The van der Waals surface area contributed by atoms with E-state index >= 15 is 0 Å².